The molecule has 2 unspecified atom stereocenters. The van der Waals surface area contributed by atoms with Crippen molar-refractivity contribution >= 4 is 5.97 Å². The van der Waals surface area contributed by atoms with Crippen molar-refractivity contribution in [2.75, 3.05) is 13.1 Å². The number of nitrogens with zero attached hydrogens (tertiary/aromatic N) is 1. The third kappa shape index (κ3) is 2.29. The number of rotatable bonds is 4. The quantitative estimate of drug-likeness (QED) is 0.894. The minimum absolute atomic E-state index is 0.144. The molecule has 0 amide bonds. The highest BCUT2D eigenvalue weighted by Crippen LogP contribution is 2.37. The molecule has 1 fully saturated rings. The molecule has 18 heavy (non-hydrogen) atoms. The lowest BCUT2D eigenvalue weighted by atomic mass is 9.77. The first-order valence-corrected chi connectivity index (χ1v) is 6.60. The van der Waals surface area contributed by atoms with Gasteiger partial charge in [0.25, 0.3) is 0 Å². The molecule has 1 aliphatic heterocycles. The van der Waals surface area contributed by atoms with Crippen molar-refractivity contribution in [3.8, 4) is 0 Å². The second-order valence-corrected chi connectivity index (χ2v) is 5.20. The van der Waals surface area contributed by atoms with Gasteiger partial charge in [-0.15, -0.1) is 0 Å². The third-order valence-corrected chi connectivity index (χ3v) is 4.24. The largest absolute Gasteiger partial charge is 0.481 e. The van der Waals surface area contributed by atoms with Crippen molar-refractivity contribution in [1.29, 1.82) is 0 Å². The lowest BCUT2D eigenvalue weighted by molar-refractivity contribution is -0.153. The number of hydrogen-bond acceptors (Lipinski definition) is 3. The van der Waals surface area contributed by atoms with Crippen molar-refractivity contribution in [2.45, 2.75) is 39.2 Å². The third-order valence-electron chi connectivity index (χ3n) is 4.24. The Bertz CT molecular complexity index is 401. The Labute approximate surface area is 108 Å². The molecular weight excluding hydrogens is 230 g/mol. The van der Waals surface area contributed by atoms with Gasteiger partial charge in [-0.05, 0) is 44.9 Å². The fraction of sp³-hybridized carbons (Fsp3) is 0.643. The van der Waals surface area contributed by atoms with Crippen LogP contribution in [0.5, 0.6) is 0 Å². The van der Waals surface area contributed by atoms with E-state index in [1.165, 1.54) is 0 Å². The number of carboxylic acid groups (broad SMARTS) is 1. The molecule has 1 saturated heterocycles. The second kappa shape index (κ2) is 5.14. The molecule has 4 nitrogen and oxygen atoms in total. The number of hydrogen-bond donors (Lipinski definition) is 1. The van der Waals surface area contributed by atoms with Crippen LogP contribution in [0.4, 0.5) is 0 Å². The number of aliphatic carboxylic acids is 1. The van der Waals surface area contributed by atoms with Crippen LogP contribution in [0.25, 0.3) is 0 Å². The van der Waals surface area contributed by atoms with E-state index in [1.807, 2.05) is 19.1 Å². The van der Waals surface area contributed by atoms with Crippen LogP contribution >= 0.6 is 0 Å². The predicted octanol–water partition coefficient (Wildman–Crippen LogP) is 2.92. The van der Waals surface area contributed by atoms with Crippen LogP contribution in [-0.2, 0) is 4.79 Å². The molecule has 0 aromatic carbocycles. The lowest BCUT2D eigenvalue weighted by Gasteiger charge is -2.41. The van der Waals surface area contributed by atoms with E-state index >= 15 is 0 Å². The van der Waals surface area contributed by atoms with Gasteiger partial charge in [-0.3, -0.25) is 9.69 Å². The molecule has 1 aromatic heterocycles. The lowest BCUT2D eigenvalue weighted by Crippen LogP contribution is -2.48. The Morgan fingerprint density at radius 1 is 1.67 bits per heavy atom. The van der Waals surface area contributed by atoms with Gasteiger partial charge in [-0.1, -0.05) is 6.92 Å². The van der Waals surface area contributed by atoms with Crippen molar-refractivity contribution in [2.24, 2.45) is 5.41 Å². The van der Waals surface area contributed by atoms with Gasteiger partial charge < -0.3 is 9.52 Å². The van der Waals surface area contributed by atoms with Gasteiger partial charge in [-0.25, -0.2) is 0 Å². The van der Waals surface area contributed by atoms with Gasteiger partial charge >= 0.3 is 5.97 Å². The predicted molar refractivity (Wildman–Crippen MR) is 68.3 cm³/mol. The van der Waals surface area contributed by atoms with E-state index in [9.17, 15) is 9.90 Å². The number of furan rings is 1. The van der Waals surface area contributed by atoms with Crippen molar-refractivity contribution < 1.29 is 14.3 Å². The summed E-state index contributed by atoms with van der Waals surface area (Å²) in [5, 5.41) is 9.47. The van der Waals surface area contributed by atoms with E-state index in [4.69, 9.17) is 4.42 Å². The summed E-state index contributed by atoms with van der Waals surface area (Å²) in [5.41, 5.74) is -0.584. The van der Waals surface area contributed by atoms with Crippen LogP contribution in [0, 0.1) is 5.41 Å². The van der Waals surface area contributed by atoms with Gasteiger partial charge in [0.1, 0.15) is 5.76 Å². The van der Waals surface area contributed by atoms with E-state index in [0.29, 0.717) is 13.0 Å². The van der Waals surface area contributed by atoms with Crippen molar-refractivity contribution in [1.82, 2.24) is 4.90 Å². The number of carbonyl (C=O) groups is 1. The Hall–Kier alpha value is -1.29. The normalized spacial score (nSPS) is 27.0. The highest BCUT2D eigenvalue weighted by molar-refractivity contribution is 5.75. The molecule has 1 aliphatic rings. The van der Waals surface area contributed by atoms with Gasteiger partial charge in [0, 0.05) is 6.54 Å². The van der Waals surface area contributed by atoms with Crippen LogP contribution < -0.4 is 0 Å². The summed E-state index contributed by atoms with van der Waals surface area (Å²) < 4.78 is 5.42. The standard InChI is InChI=1S/C14H21NO3/c1-3-14(13(16)17)7-5-8-15(10-14)11(2)12-6-4-9-18-12/h4,6,9,11H,3,5,7-8,10H2,1-2H3,(H,16,17). The molecular formula is C14H21NO3. The summed E-state index contributed by atoms with van der Waals surface area (Å²) in [6.07, 6.45) is 4.06. The van der Waals surface area contributed by atoms with Crippen LogP contribution in [-0.4, -0.2) is 29.1 Å². The van der Waals surface area contributed by atoms with Crippen molar-refractivity contribution in [3.63, 3.8) is 0 Å². The number of carboxylic acids is 1. The first kappa shape index (κ1) is 13.1. The maximum atomic E-state index is 11.5. The van der Waals surface area contributed by atoms with Crippen LogP contribution in [0.15, 0.2) is 22.8 Å². The van der Waals surface area contributed by atoms with Crippen molar-refractivity contribution in [3.05, 3.63) is 24.2 Å². The topological polar surface area (TPSA) is 53.7 Å². The van der Waals surface area contributed by atoms with E-state index < -0.39 is 11.4 Å². The smallest absolute Gasteiger partial charge is 0.310 e. The maximum absolute atomic E-state index is 11.5. The van der Waals surface area contributed by atoms with E-state index in [1.54, 1.807) is 6.26 Å². The molecule has 0 aliphatic carbocycles. The Kier molecular flexibility index (Phi) is 3.76. The highest BCUT2D eigenvalue weighted by atomic mass is 16.4. The zero-order valence-corrected chi connectivity index (χ0v) is 11.1. The van der Waals surface area contributed by atoms with Gasteiger partial charge in [0.15, 0.2) is 0 Å². The maximum Gasteiger partial charge on any atom is 0.310 e. The van der Waals surface area contributed by atoms with Gasteiger partial charge in [0.2, 0.25) is 0 Å². The molecule has 2 heterocycles. The molecule has 0 spiro atoms. The molecule has 0 saturated carbocycles. The summed E-state index contributed by atoms with van der Waals surface area (Å²) in [6, 6.07) is 3.97. The van der Waals surface area contributed by atoms with Gasteiger partial charge in [0.05, 0.1) is 17.7 Å². The first-order chi connectivity index (χ1) is 8.59. The van der Waals surface area contributed by atoms with Crippen LogP contribution in [0.2, 0.25) is 0 Å². The highest BCUT2D eigenvalue weighted by Gasteiger charge is 2.42. The Morgan fingerprint density at radius 3 is 3.00 bits per heavy atom. The van der Waals surface area contributed by atoms with Crippen LogP contribution in [0.1, 0.15) is 44.9 Å². The molecule has 1 aromatic rings. The minimum atomic E-state index is -0.665. The van der Waals surface area contributed by atoms with E-state index in [-0.39, 0.29) is 6.04 Å². The van der Waals surface area contributed by atoms with E-state index in [2.05, 4.69) is 11.8 Å². The summed E-state index contributed by atoms with van der Waals surface area (Å²) in [5.74, 6) is 0.244. The number of piperidine rings is 1. The Balaban J connectivity index is 2.13. The monoisotopic (exact) mass is 251 g/mol. The van der Waals surface area contributed by atoms with Crippen LogP contribution in [0.3, 0.4) is 0 Å². The summed E-state index contributed by atoms with van der Waals surface area (Å²) in [4.78, 5) is 13.7. The molecule has 4 heteroatoms. The number of likely N-dealkylation sites (tertiary alicyclic amines) is 1. The first-order valence-electron chi connectivity index (χ1n) is 6.60. The summed E-state index contributed by atoms with van der Waals surface area (Å²) in [7, 11) is 0. The fourth-order valence-electron chi connectivity index (χ4n) is 2.82. The zero-order valence-electron chi connectivity index (χ0n) is 11.1. The summed E-state index contributed by atoms with van der Waals surface area (Å²) >= 11 is 0. The van der Waals surface area contributed by atoms with Gasteiger partial charge in [-0.2, -0.15) is 0 Å². The summed E-state index contributed by atoms with van der Waals surface area (Å²) in [6.45, 7) is 5.60. The Morgan fingerprint density at radius 2 is 2.44 bits per heavy atom. The molecule has 2 atom stereocenters. The van der Waals surface area contributed by atoms with E-state index in [0.717, 1.165) is 25.1 Å². The molecule has 0 radical (unpaired) electrons. The molecule has 1 N–H and O–H groups in total. The minimum Gasteiger partial charge on any atom is -0.481 e. The fourth-order valence-corrected chi connectivity index (χ4v) is 2.82. The molecule has 2 rings (SSSR count). The molecule has 0 bridgehead atoms. The SMILES string of the molecule is CCC1(C(=O)O)CCCN(C(C)c2ccco2)C1. The average molecular weight is 251 g/mol. The average Bonchev–Trinajstić information content (AvgIpc) is 2.91. The second-order valence-electron chi connectivity index (χ2n) is 5.20. The molecule has 100 valence electrons. The zero-order chi connectivity index (χ0) is 13.2.